The number of nitrogens with zero attached hydrogens (tertiary/aromatic N) is 2. The van der Waals surface area contributed by atoms with E-state index in [0.29, 0.717) is 4.75 Å². The first-order valence-corrected chi connectivity index (χ1v) is 7.72. The molecule has 0 fully saturated rings. The minimum atomic E-state index is 0.314. The Morgan fingerprint density at radius 3 is 2.62 bits per heavy atom. The van der Waals surface area contributed by atoms with Gasteiger partial charge in [-0.15, -0.1) is 0 Å². The molecule has 0 aromatic carbocycles. The summed E-state index contributed by atoms with van der Waals surface area (Å²) in [7, 11) is 0. The number of anilines is 1. The van der Waals surface area contributed by atoms with E-state index in [1.807, 2.05) is 18.0 Å². The zero-order valence-electron chi connectivity index (χ0n) is 9.96. The van der Waals surface area contributed by atoms with Crippen LogP contribution in [0.25, 0.3) is 0 Å². The third kappa shape index (κ3) is 3.48. The Balaban J connectivity index is 2.66. The zero-order chi connectivity index (χ0) is 12.0. The normalized spacial score (nSPS) is 11.5. The molecule has 0 saturated heterocycles. The van der Waals surface area contributed by atoms with Crippen LogP contribution < -0.4 is 5.32 Å². The fraction of sp³-hybridized carbons (Fsp3) is 0.636. The summed E-state index contributed by atoms with van der Waals surface area (Å²) in [4.78, 5) is 8.23. The molecule has 5 heteroatoms. The van der Waals surface area contributed by atoms with Crippen molar-refractivity contribution < 1.29 is 0 Å². The van der Waals surface area contributed by atoms with Crippen LogP contribution in [0.2, 0.25) is 0 Å². The van der Waals surface area contributed by atoms with Crippen molar-refractivity contribution in [2.75, 3.05) is 18.1 Å². The lowest BCUT2D eigenvalue weighted by Gasteiger charge is -2.30. The average molecular weight is 351 g/mol. The molecule has 0 aliphatic heterocycles. The molecule has 0 spiro atoms. The molecule has 90 valence electrons. The summed E-state index contributed by atoms with van der Waals surface area (Å²) in [5, 5.41) is 3.43. The van der Waals surface area contributed by atoms with Gasteiger partial charge in [0.25, 0.3) is 0 Å². The lowest BCUT2D eigenvalue weighted by molar-refractivity contribution is 0.573. The average Bonchev–Trinajstić information content (AvgIpc) is 2.34. The van der Waals surface area contributed by atoms with Crippen molar-refractivity contribution in [3.63, 3.8) is 0 Å². The SMILES string of the molecule is CCC(CC)(CNc1ncncc1I)SC. The van der Waals surface area contributed by atoms with E-state index in [1.54, 1.807) is 6.33 Å². The van der Waals surface area contributed by atoms with Crippen molar-refractivity contribution >= 4 is 40.2 Å². The van der Waals surface area contributed by atoms with Crippen molar-refractivity contribution in [1.29, 1.82) is 0 Å². The first kappa shape index (κ1) is 14.0. The molecular formula is C11H18IN3S. The molecule has 1 N–H and O–H groups in total. The zero-order valence-corrected chi connectivity index (χ0v) is 12.9. The third-order valence-electron chi connectivity index (χ3n) is 2.97. The Labute approximate surface area is 115 Å². The highest BCUT2D eigenvalue weighted by Crippen LogP contribution is 2.30. The Hall–Kier alpha value is -0.0400. The summed E-state index contributed by atoms with van der Waals surface area (Å²) >= 11 is 4.19. The van der Waals surface area contributed by atoms with Gasteiger partial charge in [-0.3, -0.25) is 0 Å². The quantitative estimate of drug-likeness (QED) is 0.797. The largest absolute Gasteiger partial charge is 0.368 e. The predicted octanol–water partition coefficient (Wildman–Crippen LogP) is 3.41. The summed E-state index contributed by atoms with van der Waals surface area (Å²) in [5.74, 6) is 0.941. The van der Waals surface area contributed by atoms with Crippen LogP contribution in [0.3, 0.4) is 0 Å². The van der Waals surface area contributed by atoms with Crippen LogP contribution in [0.1, 0.15) is 26.7 Å². The van der Waals surface area contributed by atoms with Gasteiger partial charge in [-0.1, -0.05) is 13.8 Å². The molecule has 1 aromatic rings. The molecule has 16 heavy (non-hydrogen) atoms. The maximum atomic E-state index is 4.25. The van der Waals surface area contributed by atoms with Gasteiger partial charge >= 0.3 is 0 Å². The maximum Gasteiger partial charge on any atom is 0.142 e. The smallest absolute Gasteiger partial charge is 0.142 e. The number of rotatable bonds is 6. The van der Waals surface area contributed by atoms with Crippen molar-refractivity contribution in [3.05, 3.63) is 16.1 Å². The van der Waals surface area contributed by atoms with E-state index < -0.39 is 0 Å². The summed E-state index contributed by atoms with van der Waals surface area (Å²) < 4.78 is 1.39. The highest BCUT2D eigenvalue weighted by atomic mass is 127. The van der Waals surface area contributed by atoms with Gasteiger partial charge in [-0.2, -0.15) is 11.8 Å². The number of halogens is 1. The summed E-state index contributed by atoms with van der Waals surface area (Å²) in [6.45, 7) is 5.44. The second-order valence-corrected chi connectivity index (χ2v) is 6.10. The Morgan fingerprint density at radius 1 is 1.44 bits per heavy atom. The number of nitrogens with one attached hydrogen (secondary N) is 1. The van der Waals surface area contributed by atoms with Crippen LogP contribution >= 0.6 is 34.4 Å². The van der Waals surface area contributed by atoms with Crippen LogP contribution in [0, 0.1) is 3.57 Å². The molecular weight excluding hydrogens is 333 g/mol. The van der Waals surface area contributed by atoms with E-state index in [-0.39, 0.29) is 0 Å². The molecule has 0 unspecified atom stereocenters. The number of thioether (sulfide) groups is 1. The number of hydrogen-bond donors (Lipinski definition) is 1. The standard InChI is InChI=1S/C11H18IN3S/c1-4-11(5-2,16-3)7-14-10-9(12)6-13-8-15-10/h6,8H,4-5,7H2,1-3H3,(H,13,14,15). The van der Waals surface area contributed by atoms with Gasteiger partial charge in [0.2, 0.25) is 0 Å². The molecule has 0 bridgehead atoms. The van der Waals surface area contributed by atoms with Crippen molar-refractivity contribution in [1.82, 2.24) is 9.97 Å². The van der Waals surface area contributed by atoms with E-state index in [1.165, 1.54) is 12.8 Å². The van der Waals surface area contributed by atoms with Gasteiger partial charge in [0.15, 0.2) is 0 Å². The summed E-state index contributed by atoms with van der Waals surface area (Å²) in [5.41, 5.74) is 0. The maximum absolute atomic E-state index is 4.25. The monoisotopic (exact) mass is 351 g/mol. The van der Waals surface area contributed by atoms with Crippen molar-refractivity contribution in [3.8, 4) is 0 Å². The van der Waals surface area contributed by atoms with Crippen LogP contribution in [0.4, 0.5) is 5.82 Å². The number of aromatic nitrogens is 2. The van der Waals surface area contributed by atoms with Crippen LogP contribution in [-0.4, -0.2) is 27.5 Å². The van der Waals surface area contributed by atoms with E-state index in [9.17, 15) is 0 Å². The lowest BCUT2D eigenvalue weighted by atomic mass is 10.0. The Kier molecular flexibility index (Phi) is 5.82. The highest BCUT2D eigenvalue weighted by molar-refractivity contribution is 14.1. The van der Waals surface area contributed by atoms with Crippen molar-refractivity contribution in [2.45, 2.75) is 31.4 Å². The van der Waals surface area contributed by atoms with E-state index in [0.717, 1.165) is 15.9 Å². The van der Waals surface area contributed by atoms with Gasteiger partial charge in [0.1, 0.15) is 12.1 Å². The fourth-order valence-electron chi connectivity index (χ4n) is 1.55. The molecule has 0 aliphatic carbocycles. The minimum Gasteiger partial charge on any atom is -0.368 e. The molecule has 1 rings (SSSR count). The van der Waals surface area contributed by atoms with Crippen LogP contribution in [-0.2, 0) is 0 Å². The molecule has 3 nitrogen and oxygen atoms in total. The van der Waals surface area contributed by atoms with Crippen LogP contribution in [0.15, 0.2) is 12.5 Å². The van der Waals surface area contributed by atoms with Crippen molar-refractivity contribution in [2.24, 2.45) is 0 Å². The van der Waals surface area contributed by atoms with E-state index in [2.05, 4.69) is 58.0 Å². The van der Waals surface area contributed by atoms with Gasteiger partial charge in [-0.05, 0) is 41.7 Å². The first-order chi connectivity index (χ1) is 7.67. The molecule has 0 aliphatic rings. The van der Waals surface area contributed by atoms with Gasteiger partial charge in [-0.25, -0.2) is 9.97 Å². The highest BCUT2D eigenvalue weighted by Gasteiger charge is 2.24. The predicted molar refractivity (Wildman–Crippen MR) is 80.1 cm³/mol. The lowest BCUT2D eigenvalue weighted by Crippen LogP contribution is -2.32. The number of hydrogen-bond acceptors (Lipinski definition) is 4. The summed E-state index contributed by atoms with van der Waals surface area (Å²) in [6, 6.07) is 0. The Bertz CT molecular complexity index is 320. The first-order valence-electron chi connectivity index (χ1n) is 5.42. The topological polar surface area (TPSA) is 37.8 Å². The molecule has 1 aromatic heterocycles. The molecule has 1 heterocycles. The van der Waals surface area contributed by atoms with Crippen LogP contribution in [0.5, 0.6) is 0 Å². The molecule has 0 amide bonds. The van der Waals surface area contributed by atoms with E-state index >= 15 is 0 Å². The Morgan fingerprint density at radius 2 is 2.12 bits per heavy atom. The van der Waals surface area contributed by atoms with Gasteiger partial charge < -0.3 is 5.32 Å². The second-order valence-electron chi connectivity index (χ2n) is 3.67. The summed E-state index contributed by atoms with van der Waals surface area (Å²) in [6.07, 6.45) is 7.93. The minimum absolute atomic E-state index is 0.314. The second kappa shape index (κ2) is 6.64. The van der Waals surface area contributed by atoms with E-state index in [4.69, 9.17) is 0 Å². The molecule has 0 atom stereocenters. The van der Waals surface area contributed by atoms with Gasteiger partial charge in [0, 0.05) is 17.5 Å². The fourth-order valence-corrected chi connectivity index (χ4v) is 2.83. The van der Waals surface area contributed by atoms with Gasteiger partial charge in [0.05, 0.1) is 3.57 Å². The third-order valence-corrected chi connectivity index (χ3v) is 5.34. The molecule has 0 saturated carbocycles. The molecule has 0 radical (unpaired) electrons.